The van der Waals surface area contributed by atoms with E-state index in [4.69, 9.17) is 5.73 Å². The van der Waals surface area contributed by atoms with Crippen molar-refractivity contribution in [3.05, 3.63) is 76.0 Å². The summed E-state index contributed by atoms with van der Waals surface area (Å²) in [5, 5.41) is 1.07. The van der Waals surface area contributed by atoms with Crippen molar-refractivity contribution in [1.82, 2.24) is 4.57 Å². The van der Waals surface area contributed by atoms with Crippen LogP contribution in [0, 0.1) is 3.57 Å². The minimum absolute atomic E-state index is 0.340. The molecule has 0 radical (unpaired) electrons. The topological polar surface area (TPSA) is 48.0 Å². The highest BCUT2D eigenvalue weighted by Crippen LogP contribution is 2.22. The Bertz CT molecular complexity index is 880. The zero-order valence-corrected chi connectivity index (χ0v) is 14.1. The van der Waals surface area contributed by atoms with E-state index in [0.717, 1.165) is 23.0 Å². The van der Waals surface area contributed by atoms with Gasteiger partial charge in [0.05, 0.1) is 0 Å². The Morgan fingerprint density at radius 3 is 2.73 bits per heavy atom. The number of nitrogens with zero attached hydrogens (tertiary/aromatic N) is 1. The molecule has 0 fully saturated rings. The molecular formula is C18H15IN2O. The minimum atomic E-state index is -0.488. The summed E-state index contributed by atoms with van der Waals surface area (Å²) in [5.41, 5.74) is 8.78. The minimum Gasteiger partial charge on any atom is -0.366 e. The molecule has 2 aromatic carbocycles. The van der Waals surface area contributed by atoms with Crippen molar-refractivity contribution in [2.24, 2.45) is 5.73 Å². The molecule has 0 bridgehead atoms. The average molecular weight is 402 g/mol. The highest BCUT2D eigenvalue weighted by molar-refractivity contribution is 14.1. The second kappa shape index (κ2) is 5.96. The number of fused-ring (bicyclic) bond motifs is 1. The number of aromatic nitrogens is 1. The molecule has 0 atom stereocenters. The molecule has 22 heavy (non-hydrogen) atoms. The monoisotopic (exact) mass is 402 g/mol. The Hall–Kier alpha value is -2.08. The number of rotatable bonds is 4. The van der Waals surface area contributed by atoms with E-state index in [1.54, 1.807) is 0 Å². The molecule has 0 aliphatic carbocycles. The molecule has 3 aromatic rings. The van der Waals surface area contributed by atoms with Crippen LogP contribution in [-0.2, 0) is 11.3 Å². The molecule has 2 N–H and O–H groups in total. The molecule has 0 saturated carbocycles. The van der Waals surface area contributed by atoms with Gasteiger partial charge in [-0.15, -0.1) is 0 Å². The maximum Gasteiger partial charge on any atom is 0.248 e. The fourth-order valence-corrected chi connectivity index (χ4v) is 3.11. The average Bonchev–Trinajstić information content (AvgIpc) is 2.88. The van der Waals surface area contributed by atoms with Gasteiger partial charge in [0.15, 0.2) is 0 Å². The highest BCUT2D eigenvalue weighted by atomic mass is 127. The lowest BCUT2D eigenvalue weighted by Gasteiger charge is -2.07. The van der Waals surface area contributed by atoms with E-state index < -0.39 is 5.91 Å². The number of hydrogen-bond acceptors (Lipinski definition) is 1. The molecule has 0 aliphatic rings. The van der Waals surface area contributed by atoms with Crippen LogP contribution < -0.4 is 5.73 Å². The number of benzene rings is 2. The van der Waals surface area contributed by atoms with E-state index in [9.17, 15) is 4.79 Å². The number of halogens is 1. The van der Waals surface area contributed by atoms with Gasteiger partial charge in [0, 0.05) is 32.8 Å². The first-order valence-electron chi connectivity index (χ1n) is 6.87. The highest BCUT2D eigenvalue weighted by Gasteiger charge is 2.08. The maximum atomic E-state index is 11.2. The predicted molar refractivity (Wildman–Crippen MR) is 98.4 cm³/mol. The predicted octanol–water partition coefficient (Wildman–Crippen LogP) is 3.79. The van der Waals surface area contributed by atoms with E-state index in [-0.39, 0.29) is 0 Å². The Labute approximate surface area is 142 Å². The van der Waals surface area contributed by atoms with Gasteiger partial charge in [0.25, 0.3) is 0 Å². The summed E-state index contributed by atoms with van der Waals surface area (Å²) in [6, 6.07) is 16.3. The van der Waals surface area contributed by atoms with Crippen molar-refractivity contribution < 1.29 is 4.79 Å². The maximum absolute atomic E-state index is 11.2. The fraction of sp³-hybridized carbons (Fsp3) is 0.0556. The molecule has 0 aliphatic heterocycles. The van der Waals surface area contributed by atoms with Crippen LogP contribution >= 0.6 is 22.6 Å². The van der Waals surface area contributed by atoms with Crippen molar-refractivity contribution in [1.29, 1.82) is 0 Å². The van der Waals surface area contributed by atoms with Gasteiger partial charge in [0.1, 0.15) is 0 Å². The van der Waals surface area contributed by atoms with Gasteiger partial charge in [-0.05, 0) is 64.0 Å². The molecule has 1 amide bonds. The van der Waals surface area contributed by atoms with Crippen LogP contribution in [0.25, 0.3) is 16.5 Å². The Kier molecular flexibility index (Phi) is 4.02. The zero-order valence-electron chi connectivity index (χ0n) is 11.9. The summed E-state index contributed by atoms with van der Waals surface area (Å²) in [6.45, 7) is 4.55. The number of carbonyl (C=O) groups excluding carboxylic acids is 1. The Morgan fingerprint density at radius 1 is 1.18 bits per heavy atom. The van der Waals surface area contributed by atoms with Crippen LogP contribution in [0.3, 0.4) is 0 Å². The van der Waals surface area contributed by atoms with Crippen LogP contribution in [0.5, 0.6) is 0 Å². The number of carbonyl (C=O) groups is 1. The summed E-state index contributed by atoms with van der Waals surface area (Å²) < 4.78 is 3.42. The molecule has 110 valence electrons. The Morgan fingerprint density at radius 2 is 2.00 bits per heavy atom. The lowest BCUT2D eigenvalue weighted by atomic mass is 10.1. The normalized spacial score (nSPS) is 10.8. The van der Waals surface area contributed by atoms with Crippen molar-refractivity contribution in [3.8, 4) is 0 Å². The van der Waals surface area contributed by atoms with Gasteiger partial charge < -0.3 is 10.3 Å². The van der Waals surface area contributed by atoms with Gasteiger partial charge >= 0.3 is 0 Å². The van der Waals surface area contributed by atoms with Crippen LogP contribution in [-0.4, -0.2) is 10.5 Å². The summed E-state index contributed by atoms with van der Waals surface area (Å²) >= 11 is 2.32. The van der Waals surface area contributed by atoms with E-state index in [2.05, 4.69) is 64.2 Å². The lowest BCUT2D eigenvalue weighted by Crippen LogP contribution is -2.11. The molecule has 0 spiro atoms. The van der Waals surface area contributed by atoms with Crippen LogP contribution in [0.1, 0.15) is 11.1 Å². The quantitative estimate of drug-likeness (QED) is 0.524. The second-order valence-electron chi connectivity index (χ2n) is 5.19. The SMILES string of the molecule is C=C(C(N)=O)c1ccc2c(ccn2Cc2cccc(I)c2)c1. The van der Waals surface area contributed by atoms with Gasteiger partial charge in [-0.2, -0.15) is 0 Å². The van der Waals surface area contributed by atoms with Crippen LogP contribution in [0.15, 0.2) is 61.3 Å². The molecule has 1 heterocycles. The zero-order chi connectivity index (χ0) is 15.7. The number of primary amides is 1. The third-order valence-corrected chi connectivity index (χ3v) is 4.33. The molecule has 3 nitrogen and oxygen atoms in total. The third-order valence-electron chi connectivity index (χ3n) is 3.66. The summed E-state index contributed by atoms with van der Waals surface area (Å²) in [4.78, 5) is 11.2. The molecule has 1 aromatic heterocycles. The van der Waals surface area contributed by atoms with E-state index in [1.165, 1.54) is 9.13 Å². The fourth-order valence-electron chi connectivity index (χ4n) is 2.50. The second-order valence-corrected chi connectivity index (χ2v) is 6.44. The van der Waals surface area contributed by atoms with Crippen molar-refractivity contribution in [3.63, 3.8) is 0 Å². The van der Waals surface area contributed by atoms with E-state index >= 15 is 0 Å². The standard InChI is InChI=1S/C18H15IN2O/c1-12(18(20)22)14-5-6-17-15(10-14)7-8-21(17)11-13-3-2-4-16(19)9-13/h2-10H,1,11H2,(H2,20,22). The number of amides is 1. The van der Waals surface area contributed by atoms with Crippen molar-refractivity contribution >= 4 is 45.0 Å². The van der Waals surface area contributed by atoms with Crippen molar-refractivity contribution in [2.45, 2.75) is 6.54 Å². The largest absolute Gasteiger partial charge is 0.366 e. The number of nitrogens with two attached hydrogens (primary N) is 1. The molecule has 0 saturated heterocycles. The van der Waals surface area contributed by atoms with Crippen LogP contribution in [0.2, 0.25) is 0 Å². The van der Waals surface area contributed by atoms with Gasteiger partial charge in [-0.25, -0.2) is 0 Å². The lowest BCUT2D eigenvalue weighted by molar-refractivity contribution is -0.112. The first kappa shape index (κ1) is 14.8. The Balaban J connectivity index is 1.96. The molecule has 0 unspecified atom stereocenters. The summed E-state index contributed by atoms with van der Waals surface area (Å²) in [6.07, 6.45) is 2.06. The molecule has 3 rings (SSSR count). The van der Waals surface area contributed by atoms with E-state index in [1.807, 2.05) is 24.3 Å². The molecular weight excluding hydrogens is 387 g/mol. The van der Waals surface area contributed by atoms with Crippen LogP contribution in [0.4, 0.5) is 0 Å². The first-order chi connectivity index (χ1) is 10.5. The van der Waals surface area contributed by atoms with Gasteiger partial charge in [-0.1, -0.05) is 24.8 Å². The van der Waals surface area contributed by atoms with E-state index in [0.29, 0.717) is 5.57 Å². The summed E-state index contributed by atoms with van der Waals surface area (Å²) in [5.74, 6) is -0.488. The number of hydrogen-bond donors (Lipinski definition) is 1. The van der Waals surface area contributed by atoms with Gasteiger partial charge in [0.2, 0.25) is 5.91 Å². The smallest absolute Gasteiger partial charge is 0.248 e. The third kappa shape index (κ3) is 2.92. The van der Waals surface area contributed by atoms with Gasteiger partial charge in [-0.3, -0.25) is 4.79 Å². The first-order valence-corrected chi connectivity index (χ1v) is 7.95. The summed E-state index contributed by atoms with van der Waals surface area (Å²) in [7, 11) is 0. The van der Waals surface area contributed by atoms with Crippen molar-refractivity contribution in [2.75, 3.05) is 0 Å². The molecule has 4 heteroatoms.